The van der Waals surface area contributed by atoms with Crippen LogP contribution in [-0.2, 0) is 24.3 Å². The molecule has 0 saturated heterocycles. The third-order valence-electron chi connectivity index (χ3n) is 4.48. The fourth-order valence-corrected chi connectivity index (χ4v) is 3.31. The summed E-state index contributed by atoms with van der Waals surface area (Å²) in [6.45, 7) is 3.00. The van der Waals surface area contributed by atoms with Crippen LogP contribution in [0.3, 0.4) is 0 Å². The van der Waals surface area contributed by atoms with E-state index in [1.54, 1.807) is 6.07 Å². The van der Waals surface area contributed by atoms with Crippen LogP contribution in [0.4, 0.5) is 8.78 Å². The Bertz CT molecular complexity index is 987. The van der Waals surface area contributed by atoms with E-state index in [-0.39, 0.29) is 30.9 Å². The Labute approximate surface area is 167 Å². The highest BCUT2D eigenvalue weighted by Gasteiger charge is 2.13. The normalized spacial score (nSPS) is 11.1. The highest BCUT2D eigenvalue weighted by atomic mass is 35.5. The number of aryl methyl sites for hydroxylation is 2. The second-order valence-corrected chi connectivity index (χ2v) is 7.05. The van der Waals surface area contributed by atoms with E-state index in [1.807, 2.05) is 16.7 Å². The van der Waals surface area contributed by atoms with Crippen molar-refractivity contribution in [1.29, 1.82) is 0 Å². The first kappa shape index (κ1) is 20.3. The number of carbonyl (C=O) groups is 1. The van der Waals surface area contributed by atoms with E-state index >= 15 is 0 Å². The molecular weight excluding hydrogens is 384 g/mol. The minimum Gasteiger partial charge on any atom is -0.326 e. The predicted octanol–water partition coefficient (Wildman–Crippen LogP) is 5.03. The predicted molar refractivity (Wildman–Crippen MR) is 105 cm³/mol. The van der Waals surface area contributed by atoms with E-state index in [4.69, 9.17) is 11.6 Å². The highest BCUT2D eigenvalue weighted by Crippen LogP contribution is 2.21. The molecule has 3 aromatic rings. The largest absolute Gasteiger partial charge is 0.326 e. The van der Waals surface area contributed by atoms with Crippen molar-refractivity contribution in [2.45, 2.75) is 45.7 Å². The van der Waals surface area contributed by atoms with E-state index < -0.39 is 11.6 Å². The summed E-state index contributed by atoms with van der Waals surface area (Å²) < 4.78 is 28.8. The van der Waals surface area contributed by atoms with Crippen molar-refractivity contribution < 1.29 is 13.6 Å². The van der Waals surface area contributed by atoms with Gasteiger partial charge in [0.15, 0.2) is 0 Å². The first-order valence-corrected chi connectivity index (χ1v) is 9.64. The molecule has 0 N–H and O–H groups in total. The van der Waals surface area contributed by atoms with Crippen LogP contribution >= 0.6 is 11.6 Å². The Morgan fingerprint density at radius 3 is 2.82 bits per heavy atom. The smallest absolute Gasteiger partial charge is 0.241 e. The van der Waals surface area contributed by atoms with Crippen LogP contribution in [0, 0.1) is 11.6 Å². The standard InChI is InChI=1S/C21H21ClF2N3O/c1-2-10-27-19-12-15(22)6-9-18(19)26-20(27)13-25-21(28)5-3-4-14-11-16(23)7-8-17(14)24/h6-9,11-12H,2-5,10,13H2,1H3. The molecule has 147 valence electrons. The van der Waals surface area contributed by atoms with Gasteiger partial charge in [0.05, 0.1) is 11.0 Å². The lowest BCUT2D eigenvalue weighted by molar-refractivity contribution is -0.121. The summed E-state index contributed by atoms with van der Waals surface area (Å²) in [7, 11) is 0. The number of fused-ring (bicyclic) bond motifs is 1. The molecule has 0 bridgehead atoms. The van der Waals surface area contributed by atoms with Crippen LogP contribution in [0.1, 0.15) is 37.6 Å². The summed E-state index contributed by atoms with van der Waals surface area (Å²) in [6, 6.07) is 8.83. The van der Waals surface area contributed by atoms with Crippen LogP contribution in [0.2, 0.25) is 5.02 Å². The number of benzene rings is 2. The van der Waals surface area contributed by atoms with Gasteiger partial charge in [-0.2, -0.15) is 0 Å². The lowest BCUT2D eigenvalue weighted by Gasteiger charge is -2.08. The highest BCUT2D eigenvalue weighted by molar-refractivity contribution is 6.31. The SMILES string of the molecule is CCCn1c(C[N]C(=O)CCCc2cc(F)ccc2F)nc2ccc(Cl)cc21. The molecule has 1 heterocycles. The first-order valence-electron chi connectivity index (χ1n) is 9.27. The zero-order chi connectivity index (χ0) is 20.1. The lowest BCUT2D eigenvalue weighted by atomic mass is 10.1. The van der Waals surface area contributed by atoms with Crippen LogP contribution in [0.5, 0.6) is 0 Å². The zero-order valence-electron chi connectivity index (χ0n) is 15.6. The van der Waals surface area contributed by atoms with Gasteiger partial charge in [-0.1, -0.05) is 18.5 Å². The van der Waals surface area contributed by atoms with Gasteiger partial charge in [0.2, 0.25) is 5.91 Å². The van der Waals surface area contributed by atoms with Crippen LogP contribution < -0.4 is 5.32 Å². The second-order valence-electron chi connectivity index (χ2n) is 6.61. The summed E-state index contributed by atoms with van der Waals surface area (Å²) >= 11 is 6.09. The van der Waals surface area contributed by atoms with Gasteiger partial charge in [-0.15, -0.1) is 0 Å². The minimum atomic E-state index is -0.484. The number of nitrogens with zero attached hydrogens (tertiary/aromatic N) is 3. The fraction of sp³-hybridized carbons (Fsp3) is 0.333. The van der Waals surface area contributed by atoms with Crippen LogP contribution in [0.25, 0.3) is 11.0 Å². The summed E-state index contributed by atoms with van der Waals surface area (Å²) in [5.41, 5.74) is 2.01. The van der Waals surface area contributed by atoms with E-state index in [0.29, 0.717) is 17.3 Å². The molecule has 0 atom stereocenters. The molecule has 0 aliphatic carbocycles. The average Bonchev–Trinajstić information content (AvgIpc) is 3.00. The number of imidazole rings is 1. The van der Waals surface area contributed by atoms with Crippen LogP contribution in [-0.4, -0.2) is 15.5 Å². The molecule has 28 heavy (non-hydrogen) atoms. The van der Waals surface area contributed by atoms with Crippen molar-refractivity contribution in [2.75, 3.05) is 0 Å². The van der Waals surface area contributed by atoms with Crippen molar-refractivity contribution in [3.63, 3.8) is 0 Å². The molecule has 7 heteroatoms. The van der Waals surface area contributed by atoms with E-state index in [2.05, 4.69) is 17.2 Å². The van der Waals surface area contributed by atoms with Crippen LogP contribution in [0.15, 0.2) is 36.4 Å². The van der Waals surface area contributed by atoms with Crippen molar-refractivity contribution in [3.05, 3.63) is 64.4 Å². The number of aromatic nitrogens is 2. The summed E-state index contributed by atoms with van der Waals surface area (Å²) in [5, 5.41) is 4.74. The number of halogens is 3. The summed E-state index contributed by atoms with van der Waals surface area (Å²) in [6.07, 6.45) is 1.79. The van der Waals surface area contributed by atoms with Gasteiger partial charge in [-0.05, 0) is 61.2 Å². The zero-order valence-corrected chi connectivity index (χ0v) is 16.3. The van der Waals surface area contributed by atoms with Gasteiger partial charge < -0.3 is 4.57 Å². The first-order chi connectivity index (χ1) is 13.5. The van der Waals surface area contributed by atoms with Gasteiger partial charge >= 0.3 is 0 Å². The molecule has 1 amide bonds. The second kappa shape index (κ2) is 9.15. The van der Waals surface area contributed by atoms with E-state index in [0.717, 1.165) is 42.2 Å². The molecule has 1 aromatic heterocycles. The molecule has 3 rings (SSSR count). The summed E-state index contributed by atoms with van der Waals surface area (Å²) in [4.78, 5) is 16.7. The van der Waals surface area contributed by atoms with Gasteiger partial charge in [0, 0.05) is 18.0 Å². The van der Waals surface area contributed by atoms with Crippen molar-refractivity contribution >= 4 is 28.5 Å². The monoisotopic (exact) mass is 404 g/mol. The fourth-order valence-electron chi connectivity index (χ4n) is 3.14. The summed E-state index contributed by atoms with van der Waals surface area (Å²) in [5.74, 6) is -0.506. The van der Waals surface area contributed by atoms with Gasteiger partial charge in [-0.3, -0.25) is 4.79 Å². The van der Waals surface area contributed by atoms with Gasteiger partial charge in [-0.25, -0.2) is 19.1 Å². The molecule has 0 aliphatic heterocycles. The van der Waals surface area contributed by atoms with Crippen molar-refractivity contribution in [2.24, 2.45) is 0 Å². The molecule has 0 spiro atoms. The van der Waals surface area contributed by atoms with E-state index in [9.17, 15) is 13.6 Å². The maximum absolute atomic E-state index is 13.6. The minimum absolute atomic E-state index is 0.176. The molecule has 0 fully saturated rings. The number of hydrogen-bond donors (Lipinski definition) is 0. The topological polar surface area (TPSA) is 49.0 Å². The lowest BCUT2D eigenvalue weighted by Crippen LogP contribution is -2.18. The number of carbonyl (C=O) groups excluding carboxylic acids is 1. The molecule has 1 radical (unpaired) electrons. The van der Waals surface area contributed by atoms with E-state index in [1.165, 1.54) is 0 Å². The maximum Gasteiger partial charge on any atom is 0.241 e. The molecule has 0 unspecified atom stereocenters. The third kappa shape index (κ3) is 4.87. The Morgan fingerprint density at radius 2 is 2.04 bits per heavy atom. The Balaban J connectivity index is 1.58. The Hall–Kier alpha value is -2.47. The van der Waals surface area contributed by atoms with Gasteiger partial charge in [0.1, 0.15) is 24.0 Å². The quantitative estimate of drug-likeness (QED) is 0.528. The van der Waals surface area contributed by atoms with Gasteiger partial charge in [0.25, 0.3) is 0 Å². The van der Waals surface area contributed by atoms with Crippen molar-refractivity contribution in [1.82, 2.24) is 14.9 Å². The number of rotatable bonds is 8. The Kier molecular flexibility index (Phi) is 6.62. The number of amides is 1. The maximum atomic E-state index is 13.6. The Morgan fingerprint density at radius 1 is 1.21 bits per heavy atom. The molecule has 0 aliphatic rings. The molecule has 4 nitrogen and oxygen atoms in total. The third-order valence-corrected chi connectivity index (χ3v) is 4.71. The molecule has 2 aromatic carbocycles. The molecular formula is C21H21ClF2N3O. The molecule has 0 saturated carbocycles. The number of hydrogen-bond acceptors (Lipinski definition) is 2. The average molecular weight is 405 g/mol. The van der Waals surface area contributed by atoms with Crippen molar-refractivity contribution in [3.8, 4) is 0 Å².